The number of rotatable bonds is 5. The number of carbonyl (C=O) groups excluding carboxylic acids is 1. The molecule has 0 aliphatic heterocycles. The first-order valence-corrected chi connectivity index (χ1v) is 6.54. The van der Waals surface area contributed by atoms with Gasteiger partial charge in [0.1, 0.15) is 0 Å². The van der Waals surface area contributed by atoms with Gasteiger partial charge in [-0.25, -0.2) is 4.57 Å². The molecule has 0 bridgehead atoms. The van der Waals surface area contributed by atoms with Crippen LogP contribution in [-0.4, -0.2) is 10.8 Å². The van der Waals surface area contributed by atoms with Crippen LogP contribution in [0.5, 0.6) is 0 Å². The first-order valence-electron chi connectivity index (χ1n) is 6.54. The topological polar surface area (TPSA) is 76.1 Å². The van der Waals surface area contributed by atoms with Gasteiger partial charge in [0, 0.05) is 30.0 Å². The van der Waals surface area contributed by atoms with Crippen LogP contribution in [0.15, 0.2) is 48.8 Å². The second kappa shape index (κ2) is 6.60. The van der Waals surface area contributed by atoms with Crippen molar-refractivity contribution in [2.45, 2.75) is 19.9 Å². The molecular weight excluding hydrogens is 270 g/mol. The quantitative estimate of drug-likeness (QED) is 0.520. The van der Waals surface area contributed by atoms with E-state index in [9.17, 15) is 14.9 Å². The average Bonchev–Trinajstić information content (AvgIpc) is 2.47. The summed E-state index contributed by atoms with van der Waals surface area (Å²) in [6.07, 6.45) is 4.13. The summed E-state index contributed by atoms with van der Waals surface area (Å²) in [5.74, 6) is -0.177. The Morgan fingerprint density at radius 3 is 2.67 bits per heavy atom. The summed E-state index contributed by atoms with van der Waals surface area (Å²) in [4.78, 5) is 22.0. The van der Waals surface area contributed by atoms with E-state index in [2.05, 4.69) is 5.32 Å². The molecular formula is C15H16N3O3+. The van der Waals surface area contributed by atoms with Crippen LogP contribution in [0.25, 0.3) is 0 Å². The predicted octanol–water partition coefficient (Wildman–Crippen LogP) is 2.22. The Morgan fingerprint density at radius 1 is 1.29 bits per heavy atom. The number of carbonyl (C=O) groups is 1. The molecule has 0 unspecified atom stereocenters. The van der Waals surface area contributed by atoms with Gasteiger partial charge in [0.05, 0.1) is 11.3 Å². The van der Waals surface area contributed by atoms with Gasteiger partial charge in [-0.3, -0.25) is 14.9 Å². The van der Waals surface area contributed by atoms with Gasteiger partial charge in [0.2, 0.25) is 5.91 Å². The molecule has 1 heterocycles. The minimum atomic E-state index is -0.488. The van der Waals surface area contributed by atoms with Crippen LogP contribution in [0.2, 0.25) is 0 Å². The summed E-state index contributed by atoms with van der Waals surface area (Å²) < 4.78 is 1.92. The second-order valence-electron chi connectivity index (χ2n) is 4.72. The summed E-state index contributed by atoms with van der Waals surface area (Å²) >= 11 is 0. The zero-order valence-corrected chi connectivity index (χ0v) is 11.7. The van der Waals surface area contributed by atoms with Gasteiger partial charge in [0.25, 0.3) is 5.69 Å². The van der Waals surface area contributed by atoms with Gasteiger partial charge in [-0.15, -0.1) is 0 Å². The third-order valence-electron chi connectivity index (χ3n) is 3.00. The van der Waals surface area contributed by atoms with E-state index in [0.717, 1.165) is 5.56 Å². The number of aryl methyl sites for hydroxylation is 2. The summed E-state index contributed by atoms with van der Waals surface area (Å²) in [5, 5.41) is 13.3. The van der Waals surface area contributed by atoms with Crippen molar-refractivity contribution in [2.24, 2.45) is 0 Å². The van der Waals surface area contributed by atoms with Gasteiger partial charge in [0.15, 0.2) is 18.9 Å². The van der Waals surface area contributed by atoms with Gasteiger partial charge >= 0.3 is 0 Å². The van der Waals surface area contributed by atoms with Crippen LogP contribution in [0.4, 0.5) is 11.4 Å². The number of benzene rings is 1. The lowest BCUT2D eigenvalue weighted by atomic mass is 10.2. The number of hydrogen-bond acceptors (Lipinski definition) is 3. The maximum Gasteiger partial charge on any atom is 0.271 e. The van der Waals surface area contributed by atoms with Crippen LogP contribution in [0.3, 0.4) is 0 Å². The highest BCUT2D eigenvalue weighted by atomic mass is 16.6. The van der Waals surface area contributed by atoms with Crippen LogP contribution in [-0.2, 0) is 11.3 Å². The molecule has 1 aromatic carbocycles. The maximum atomic E-state index is 11.8. The van der Waals surface area contributed by atoms with E-state index in [-0.39, 0.29) is 11.6 Å². The molecule has 0 spiro atoms. The number of amides is 1. The molecule has 6 nitrogen and oxygen atoms in total. The molecule has 0 atom stereocenters. The third-order valence-corrected chi connectivity index (χ3v) is 3.00. The number of anilines is 1. The number of nitro groups is 1. The van der Waals surface area contributed by atoms with Crippen molar-refractivity contribution in [3.8, 4) is 0 Å². The lowest BCUT2D eigenvalue weighted by Crippen LogP contribution is -2.34. The summed E-state index contributed by atoms with van der Waals surface area (Å²) in [5.41, 5.74) is 1.55. The molecule has 0 saturated carbocycles. The molecule has 21 heavy (non-hydrogen) atoms. The van der Waals surface area contributed by atoms with Gasteiger partial charge in [-0.05, 0) is 18.6 Å². The molecule has 1 amide bonds. The Hall–Kier alpha value is -2.76. The van der Waals surface area contributed by atoms with Crippen molar-refractivity contribution in [3.63, 3.8) is 0 Å². The number of hydrogen-bond donors (Lipinski definition) is 1. The van der Waals surface area contributed by atoms with Crippen molar-refractivity contribution in [3.05, 3.63) is 64.5 Å². The zero-order chi connectivity index (χ0) is 15.2. The number of nitro benzene ring substituents is 1. The number of nitrogens with zero attached hydrogens (tertiary/aromatic N) is 2. The van der Waals surface area contributed by atoms with Crippen molar-refractivity contribution in [1.82, 2.24) is 0 Å². The van der Waals surface area contributed by atoms with Gasteiger partial charge < -0.3 is 5.32 Å². The summed E-state index contributed by atoms with van der Waals surface area (Å²) in [6, 6.07) is 9.85. The standard InChI is InChI=1S/C15H15N3O3/c1-12-5-8-17(9-6-12)10-7-15(19)16-13-3-2-4-14(11-13)18(20)21/h2-6,8-9,11H,7,10H2,1H3/p+1. The van der Waals surface area contributed by atoms with Crippen LogP contribution < -0.4 is 9.88 Å². The smallest absolute Gasteiger partial charge is 0.271 e. The monoisotopic (exact) mass is 286 g/mol. The molecule has 0 aliphatic rings. The van der Waals surface area contributed by atoms with E-state index in [1.165, 1.54) is 12.1 Å². The van der Waals surface area contributed by atoms with Crippen molar-refractivity contribution in [2.75, 3.05) is 5.32 Å². The Labute approximate surface area is 122 Å². The Balaban J connectivity index is 1.91. The van der Waals surface area contributed by atoms with Gasteiger partial charge in [-0.2, -0.15) is 0 Å². The number of aromatic nitrogens is 1. The highest BCUT2D eigenvalue weighted by Gasteiger charge is 2.10. The largest absolute Gasteiger partial charge is 0.326 e. The number of non-ortho nitro benzene ring substituents is 1. The fourth-order valence-electron chi connectivity index (χ4n) is 1.83. The molecule has 108 valence electrons. The van der Waals surface area contributed by atoms with Crippen molar-refractivity contribution in [1.29, 1.82) is 0 Å². The zero-order valence-electron chi connectivity index (χ0n) is 11.7. The Kier molecular flexibility index (Phi) is 4.61. The van der Waals surface area contributed by atoms with E-state index in [4.69, 9.17) is 0 Å². The molecule has 2 rings (SSSR count). The lowest BCUT2D eigenvalue weighted by Gasteiger charge is -2.03. The number of pyridine rings is 1. The molecule has 1 aromatic heterocycles. The average molecular weight is 286 g/mol. The highest BCUT2D eigenvalue weighted by molar-refractivity contribution is 5.90. The second-order valence-corrected chi connectivity index (χ2v) is 4.72. The first kappa shape index (κ1) is 14.6. The van der Waals surface area contributed by atoms with E-state index in [0.29, 0.717) is 18.7 Å². The predicted molar refractivity (Wildman–Crippen MR) is 77.7 cm³/mol. The molecule has 2 aromatic rings. The Bertz CT molecular complexity index is 653. The van der Waals surface area contributed by atoms with Crippen molar-refractivity contribution < 1.29 is 14.3 Å². The van der Waals surface area contributed by atoms with Crippen LogP contribution in [0, 0.1) is 17.0 Å². The summed E-state index contributed by atoms with van der Waals surface area (Å²) in [6.45, 7) is 2.56. The SMILES string of the molecule is Cc1cc[n+](CCC(=O)Nc2cccc([N+](=O)[O-])c2)cc1. The van der Waals surface area contributed by atoms with E-state index < -0.39 is 4.92 Å². The molecule has 0 fully saturated rings. The minimum Gasteiger partial charge on any atom is -0.326 e. The molecule has 0 radical (unpaired) electrons. The fraction of sp³-hybridized carbons (Fsp3) is 0.200. The molecule has 6 heteroatoms. The Morgan fingerprint density at radius 2 is 2.00 bits per heavy atom. The van der Waals surface area contributed by atoms with Gasteiger partial charge in [-0.1, -0.05) is 6.07 Å². The molecule has 0 aliphatic carbocycles. The van der Waals surface area contributed by atoms with Crippen LogP contribution in [0.1, 0.15) is 12.0 Å². The van der Waals surface area contributed by atoms with E-state index in [1.807, 2.05) is 36.0 Å². The fourth-order valence-corrected chi connectivity index (χ4v) is 1.83. The maximum absolute atomic E-state index is 11.8. The minimum absolute atomic E-state index is 0.0410. The third kappa shape index (κ3) is 4.38. The number of nitrogens with one attached hydrogen (secondary N) is 1. The van der Waals surface area contributed by atoms with Crippen LogP contribution >= 0.6 is 0 Å². The van der Waals surface area contributed by atoms with E-state index in [1.54, 1.807) is 12.1 Å². The highest BCUT2D eigenvalue weighted by Crippen LogP contribution is 2.17. The molecule has 1 N–H and O–H groups in total. The van der Waals surface area contributed by atoms with Crippen molar-refractivity contribution >= 4 is 17.3 Å². The van der Waals surface area contributed by atoms with E-state index >= 15 is 0 Å². The normalized spacial score (nSPS) is 10.1. The first-order chi connectivity index (χ1) is 10.0. The molecule has 0 saturated heterocycles. The summed E-state index contributed by atoms with van der Waals surface area (Å²) in [7, 11) is 0. The lowest BCUT2D eigenvalue weighted by molar-refractivity contribution is -0.695.